The van der Waals surface area contributed by atoms with Gasteiger partial charge in [-0.15, -0.1) is 0 Å². The van der Waals surface area contributed by atoms with E-state index in [0.29, 0.717) is 12.6 Å². The topological polar surface area (TPSA) is 55.5 Å². The molecule has 3 N–H and O–H groups in total. The third-order valence-electron chi connectivity index (χ3n) is 6.71. The lowest BCUT2D eigenvalue weighted by atomic mass is 9.59. The van der Waals surface area contributed by atoms with E-state index < -0.39 is 0 Å². The Kier molecular flexibility index (Phi) is 4.13. The maximum Gasteiger partial charge on any atom is 0.0687 e. The van der Waals surface area contributed by atoms with Crippen molar-refractivity contribution in [3.8, 4) is 0 Å². The summed E-state index contributed by atoms with van der Waals surface area (Å²) in [4.78, 5) is 0. The smallest absolute Gasteiger partial charge is 0.0687 e. The molecule has 1 spiro atoms. The van der Waals surface area contributed by atoms with Crippen molar-refractivity contribution in [1.29, 1.82) is 0 Å². The van der Waals surface area contributed by atoms with Crippen molar-refractivity contribution in [3.05, 3.63) is 0 Å². The maximum absolute atomic E-state index is 10.9. The average molecular weight is 295 g/mol. The number of rotatable bonds is 3. The molecule has 3 atom stereocenters. The molecule has 1 heterocycles. The number of hydrogen-bond donors (Lipinski definition) is 2. The van der Waals surface area contributed by atoms with Crippen molar-refractivity contribution in [2.75, 3.05) is 6.54 Å². The Morgan fingerprint density at radius 2 is 1.76 bits per heavy atom. The van der Waals surface area contributed by atoms with Gasteiger partial charge in [0.25, 0.3) is 0 Å². The minimum absolute atomic E-state index is 0.0126. The third-order valence-corrected chi connectivity index (χ3v) is 6.71. The Morgan fingerprint density at radius 1 is 1.05 bits per heavy atom. The quantitative estimate of drug-likeness (QED) is 0.839. The normalized spacial score (nSPS) is 41.7. The van der Waals surface area contributed by atoms with Gasteiger partial charge in [0, 0.05) is 12.0 Å². The number of nitrogens with two attached hydrogens (primary N) is 1. The van der Waals surface area contributed by atoms with E-state index in [1.807, 2.05) is 0 Å². The minimum Gasteiger partial charge on any atom is -0.392 e. The van der Waals surface area contributed by atoms with Crippen LogP contribution in [0, 0.1) is 10.8 Å². The van der Waals surface area contributed by atoms with Gasteiger partial charge in [0.2, 0.25) is 0 Å². The molecule has 0 radical (unpaired) electrons. The molecule has 3 fully saturated rings. The Hall–Kier alpha value is -0.120. The Balaban J connectivity index is 1.70. The molecular weight excluding hydrogens is 262 g/mol. The molecule has 21 heavy (non-hydrogen) atoms. The van der Waals surface area contributed by atoms with Crippen LogP contribution >= 0.6 is 0 Å². The van der Waals surface area contributed by atoms with E-state index in [-0.39, 0.29) is 22.5 Å². The van der Waals surface area contributed by atoms with Crippen LogP contribution in [-0.4, -0.2) is 29.5 Å². The SMILES string of the molecule is CC1(C)CCCC(CN)(CC2CCC3(CCCC3)O2)C1O. The third kappa shape index (κ3) is 2.77. The fourth-order valence-corrected chi connectivity index (χ4v) is 5.39. The highest BCUT2D eigenvalue weighted by atomic mass is 16.5. The second-order valence-corrected chi connectivity index (χ2v) is 8.68. The van der Waals surface area contributed by atoms with Gasteiger partial charge in [-0.25, -0.2) is 0 Å². The molecule has 0 aromatic carbocycles. The van der Waals surface area contributed by atoms with Crippen LogP contribution < -0.4 is 5.73 Å². The monoisotopic (exact) mass is 295 g/mol. The zero-order valence-electron chi connectivity index (χ0n) is 13.9. The predicted molar refractivity (Wildman–Crippen MR) is 85.0 cm³/mol. The summed E-state index contributed by atoms with van der Waals surface area (Å²) in [5.74, 6) is 0. The standard InChI is InChI=1S/C18H33NO2/c1-16(2)7-5-8-17(13-19,15(16)20)12-14-6-11-18(21-14)9-3-4-10-18/h14-15,20H,3-13,19H2,1-2H3. The second-order valence-electron chi connectivity index (χ2n) is 8.68. The molecule has 1 saturated heterocycles. The van der Waals surface area contributed by atoms with Gasteiger partial charge >= 0.3 is 0 Å². The lowest BCUT2D eigenvalue weighted by molar-refractivity contribution is -0.122. The second kappa shape index (κ2) is 5.50. The van der Waals surface area contributed by atoms with E-state index >= 15 is 0 Å². The Labute approximate surface area is 129 Å². The first-order valence-corrected chi connectivity index (χ1v) is 8.97. The number of ether oxygens (including phenoxy) is 1. The lowest BCUT2D eigenvalue weighted by Crippen LogP contribution is -2.53. The average Bonchev–Trinajstić information content (AvgIpc) is 3.06. The largest absolute Gasteiger partial charge is 0.392 e. The summed E-state index contributed by atoms with van der Waals surface area (Å²) < 4.78 is 6.49. The fraction of sp³-hybridized carbons (Fsp3) is 1.00. The summed E-state index contributed by atoms with van der Waals surface area (Å²) in [7, 11) is 0. The van der Waals surface area contributed by atoms with Gasteiger partial charge < -0.3 is 15.6 Å². The summed E-state index contributed by atoms with van der Waals surface area (Å²) in [6, 6.07) is 0. The molecule has 0 aromatic rings. The Bertz CT molecular complexity index is 375. The molecule has 0 amide bonds. The van der Waals surface area contributed by atoms with Gasteiger partial charge in [-0.05, 0) is 50.4 Å². The van der Waals surface area contributed by atoms with Crippen LogP contribution in [0.3, 0.4) is 0 Å². The van der Waals surface area contributed by atoms with Crippen LogP contribution in [0.4, 0.5) is 0 Å². The molecule has 3 unspecified atom stereocenters. The molecule has 2 aliphatic carbocycles. The van der Waals surface area contributed by atoms with Crippen molar-refractivity contribution in [3.63, 3.8) is 0 Å². The molecular formula is C18H33NO2. The first-order valence-electron chi connectivity index (χ1n) is 8.97. The molecule has 0 bridgehead atoms. The number of aliphatic hydroxyl groups excluding tert-OH is 1. The summed E-state index contributed by atoms with van der Waals surface area (Å²) >= 11 is 0. The van der Waals surface area contributed by atoms with E-state index in [1.54, 1.807) is 0 Å². The van der Waals surface area contributed by atoms with E-state index in [9.17, 15) is 5.11 Å². The summed E-state index contributed by atoms with van der Waals surface area (Å²) in [6.45, 7) is 4.97. The van der Waals surface area contributed by atoms with Crippen LogP contribution in [0.2, 0.25) is 0 Å². The fourth-order valence-electron chi connectivity index (χ4n) is 5.39. The first kappa shape index (κ1) is 15.8. The molecule has 2 saturated carbocycles. The molecule has 1 aliphatic heterocycles. The maximum atomic E-state index is 10.9. The molecule has 0 aromatic heterocycles. The van der Waals surface area contributed by atoms with Crippen LogP contribution in [-0.2, 0) is 4.74 Å². The van der Waals surface area contributed by atoms with E-state index in [1.165, 1.54) is 38.5 Å². The minimum atomic E-state index is -0.299. The summed E-state index contributed by atoms with van der Waals surface area (Å²) in [5.41, 5.74) is 6.21. The number of hydrogen-bond acceptors (Lipinski definition) is 3. The van der Waals surface area contributed by atoms with Crippen LogP contribution in [0.25, 0.3) is 0 Å². The zero-order chi connectivity index (χ0) is 15.1. The summed E-state index contributed by atoms with van der Waals surface area (Å²) in [6.07, 6.45) is 11.8. The van der Waals surface area contributed by atoms with Gasteiger partial charge in [0.1, 0.15) is 0 Å². The molecule has 3 rings (SSSR count). The first-order chi connectivity index (χ1) is 9.91. The van der Waals surface area contributed by atoms with E-state index in [2.05, 4.69) is 13.8 Å². The zero-order valence-corrected chi connectivity index (χ0v) is 13.9. The van der Waals surface area contributed by atoms with E-state index in [0.717, 1.165) is 25.7 Å². The Morgan fingerprint density at radius 3 is 2.43 bits per heavy atom. The predicted octanol–water partition coefficient (Wildman–Crippen LogP) is 3.38. The van der Waals surface area contributed by atoms with Gasteiger partial charge in [-0.1, -0.05) is 33.1 Å². The van der Waals surface area contributed by atoms with Crippen LogP contribution in [0.5, 0.6) is 0 Å². The van der Waals surface area contributed by atoms with Crippen molar-refractivity contribution in [2.45, 2.75) is 95.9 Å². The van der Waals surface area contributed by atoms with Crippen molar-refractivity contribution in [1.82, 2.24) is 0 Å². The van der Waals surface area contributed by atoms with Crippen LogP contribution in [0.1, 0.15) is 78.1 Å². The highest BCUT2D eigenvalue weighted by Crippen LogP contribution is 2.51. The molecule has 122 valence electrons. The van der Waals surface area contributed by atoms with Gasteiger partial charge in [-0.3, -0.25) is 0 Å². The van der Waals surface area contributed by atoms with Crippen molar-refractivity contribution >= 4 is 0 Å². The van der Waals surface area contributed by atoms with Gasteiger partial charge in [0.15, 0.2) is 0 Å². The van der Waals surface area contributed by atoms with Crippen molar-refractivity contribution in [2.24, 2.45) is 16.6 Å². The van der Waals surface area contributed by atoms with Crippen molar-refractivity contribution < 1.29 is 9.84 Å². The lowest BCUT2D eigenvalue weighted by Gasteiger charge is -2.50. The highest BCUT2D eigenvalue weighted by Gasteiger charge is 2.51. The molecule has 3 heteroatoms. The molecule has 3 nitrogen and oxygen atoms in total. The molecule has 3 aliphatic rings. The van der Waals surface area contributed by atoms with Gasteiger partial charge in [-0.2, -0.15) is 0 Å². The van der Waals surface area contributed by atoms with Crippen LogP contribution in [0.15, 0.2) is 0 Å². The summed E-state index contributed by atoms with van der Waals surface area (Å²) in [5, 5.41) is 10.9. The number of aliphatic hydroxyl groups is 1. The highest BCUT2D eigenvalue weighted by molar-refractivity contribution is 5.02. The van der Waals surface area contributed by atoms with Gasteiger partial charge in [0.05, 0.1) is 17.8 Å². The van der Waals surface area contributed by atoms with E-state index in [4.69, 9.17) is 10.5 Å².